The van der Waals surface area contributed by atoms with Crippen molar-refractivity contribution >= 4 is 17.3 Å². The van der Waals surface area contributed by atoms with Gasteiger partial charge in [-0.2, -0.15) is 0 Å². The molecule has 1 aliphatic carbocycles. The van der Waals surface area contributed by atoms with Crippen molar-refractivity contribution in [2.45, 2.75) is 25.3 Å². The number of rotatable bonds is 6. The first-order valence-corrected chi connectivity index (χ1v) is 9.14. The maximum Gasteiger partial charge on any atom is 0.293 e. The molecule has 2 N–H and O–H groups in total. The summed E-state index contributed by atoms with van der Waals surface area (Å²) in [4.78, 5) is 23.1. The number of anilines is 1. The average Bonchev–Trinajstić information content (AvgIpc) is 3.50. The van der Waals surface area contributed by atoms with E-state index in [4.69, 9.17) is 4.74 Å². The van der Waals surface area contributed by atoms with Crippen LogP contribution >= 0.6 is 0 Å². The predicted octanol–water partition coefficient (Wildman–Crippen LogP) is 3.15. The number of benzene rings is 2. The first kappa shape index (κ1) is 17.3. The quantitative estimate of drug-likeness (QED) is 0.604. The van der Waals surface area contributed by atoms with Crippen LogP contribution in [0, 0.1) is 16.0 Å². The number of carbonyl (C=O) groups excluding carboxylic acids is 1. The highest BCUT2D eigenvalue weighted by Gasteiger charge is 2.26. The van der Waals surface area contributed by atoms with Crippen molar-refractivity contribution in [3.8, 4) is 5.75 Å². The monoisotopic (exact) mass is 367 g/mol. The third-order valence-electron chi connectivity index (χ3n) is 4.91. The fraction of sp³-hybridized carbons (Fsp3) is 0.350. The molecule has 1 heterocycles. The SMILES string of the molecule is O=C(NC1CC1)c1ccc(NCC2COc3ccccc3C2)c([N+](=O)[O-])c1. The number of hydrogen-bond donors (Lipinski definition) is 2. The van der Waals surface area contributed by atoms with Crippen molar-refractivity contribution in [3.63, 3.8) is 0 Å². The van der Waals surface area contributed by atoms with Crippen LogP contribution in [0.4, 0.5) is 11.4 Å². The zero-order valence-corrected chi connectivity index (χ0v) is 14.8. The predicted molar refractivity (Wildman–Crippen MR) is 101 cm³/mol. The molecule has 1 amide bonds. The third kappa shape index (κ3) is 4.02. The molecule has 0 saturated heterocycles. The molecule has 7 heteroatoms. The Morgan fingerprint density at radius 2 is 2.04 bits per heavy atom. The Kier molecular flexibility index (Phi) is 4.66. The summed E-state index contributed by atoms with van der Waals surface area (Å²) in [5.41, 5.74) is 1.80. The molecule has 2 aromatic rings. The molecule has 2 aliphatic rings. The molecule has 1 unspecified atom stereocenters. The second-order valence-corrected chi connectivity index (χ2v) is 7.11. The Morgan fingerprint density at radius 3 is 2.81 bits per heavy atom. The molecular formula is C20H21N3O4. The van der Waals surface area contributed by atoms with Gasteiger partial charge in [-0.1, -0.05) is 18.2 Å². The number of fused-ring (bicyclic) bond motifs is 1. The Bertz CT molecular complexity index is 879. The smallest absolute Gasteiger partial charge is 0.293 e. The fourth-order valence-electron chi connectivity index (χ4n) is 3.25. The molecule has 2 aromatic carbocycles. The van der Waals surface area contributed by atoms with Crippen molar-refractivity contribution in [3.05, 3.63) is 63.7 Å². The highest BCUT2D eigenvalue weighted by Crippen LogP contribution is 2.29. The van der Waals surface area contributed by atoms with Crippen molar-refractivity contribution < 1.29 is 14.5 Å². The van der Waals surface area contributed by atoms with Gasteiger partial charge >= 0.3 is 0 Å². The van der Waals surface area contributed by atoms with Gasteiger partial charge in [0.1, 0.15) is 11.4 Å². The summed E-state index contributed by atoms with van der Waals surface area (Å²) in [6, 6.07) is 12.7. The molecule has 0 aromatic heterocycles. The molecule has 1 atom stereocenters. The zero-order chi connectivity index (χ0) is 18.8. The van der Waals surface area contributed by atoms with Crippen LogP contribution in [0.15, 0.2) is 42.5 Å². The van der Waals surface area contributed by atoms with E-state index in [1.54, 1.807) is 12.1 Å². The van der Waals surface area contributed by atoms with Crippen LogP contribution in [0.2, 0.25) is 0 Å². The van der Waals surface area contributed by atoms with Gasteiger partial charge in [-0.25, -0.2) is 0 Å². The second kappa shape index (κ2) is 7.26. The summed E-state index contributed by atoms with van der Waals surface area (Å²) < 4.78 is 5.77. The van der Waals surface area contributed by atoms with E-state index in [1.165, 1.54) is 6.07 Å². The van der Waals surface area contributed by atoms with Gasteiger partial charge in [-0.05, 0) is 43.0 Å². The maximum atomic E-state index is 12.1. The summed E-state index contributed by atoms with van der Waals surface area (Å²) in [5, 5.41) is 17.5. The highest BCUT2D eigenvalue weighted by molar-refractivity contribution is 5.96. The lowest BCUT2D eigenvalue weighted by atomic mass is 9.96. The molecule has 1 aliphatic heterocycles. The number of nitrogens with zero attached hydrogens (tertiary/aromatic N) is 1. The van der Waals surface area contributed by atoms with E-state index in [0.29, 0.717) is 24.4 Å². The van der Waals surface area contributed by atoms with Crippen LogP contribution in [0.3, 0.4) is 0 Å². The Labute approximate surface area is 156 Å². The zero-order valence-electron chi connectivity index (χ0n) is 14.8. The minimum Gasteiger partial charge on any atom is -0.493 e. The van der Waals surface area contributed by atoms with E-state index >= 15 is 0 Å². The lowest BCUT2D eigenvalue weighted by molar-refractivity contribution is -0.384. The summed E-state index contributed by atoms with van der Waals surface area (Å²) >= 11 is 0. The van der Waals surface area contributed by atoms with Crippen LogP contribution in [-0.4, -0.2) is 30.0 Å². The summed E-state index contributed by atoms with van der Waals surface area (Å²) in [5.74, 6) is 0.868. The molecule has 1 fully saturated rings. The fourth-order valence-corrected chi connectivity index (χ4v) is 3.25. The Morgan fingerprint density at radius 1 is 1.22 bits per heavy atom. The van der Waals surface area contributed by atoms with E-state index < -0.39 is 4.92 Å². The van der Waals surface area contributed by atoms with Crippen molar-refractivity contribution in [2.75, 3.05) is 18.5 Å². The van der Waals surface area contributed by atoms with Gasteiger partial charge in [0.25, 0.3) is 11.6 Å². The molecule has 0 bridgehead atoms. The van der Waals surface area contributed by atoms with E-state index in [-0.39, 0.29) is 23.6 Å². The van der Waals surface area contributed by atoms with Crippen LogP contribution in [0.1, 0.15) is 28.8 Å². The van der Waals surface area contributed by atoms with E-state index in [0.717, 1.165) is 30.6 Å². The van der Waals surface area contributed by atoms with E-state index in [9.17, 15) is 14.9 Å². The number of nitrogens with one attached hydrogen (secondary N) is 2. The minimum atomic E-state index is -0.455. The van der Waals surface area contributed by atoms with Crippen molar-refractivity contribution in [1.29, 1.82) is 0 Å². The van der Waals surface area contributed by atoms with Crippen LogP contribution in [0.25, 0.3) is 0 Å². The Balaban J connectivity index is 1.43. The topological polar surface area (TPSA) is 93.5 Å². The molecular weight excluding hydrogens is 346 g/mol. The van der Waals surface area contributed by atoms with Gasteiger partial charge < -0.3 is 15.4 Å². The summed E-state index contributed by atoms with van der Waals surface area (Å²) in [6.07, 6.45) is 2.80. The number of ether oxygens (including phenoxy) is 1. The largest absolute Gasteiger partial charge is 0.493 e. The second-order valence-electron chi connectivity index (χ2n) is 7.11. The normalized spacial score (nSPS) is 18.1. The molecule has 7 nitrogen and oxygen atoms in total. The minimum absolute atomic E-state index is 0.0874. The lowest BCUT2D eigenvalue weighted by Crippen LogP contribution is -2.27. The molecule has 27 heavy (non-hydrogen) atoms. The van der Waals surface area contributed by atoms with Crippen LogP contribution < -0.4 is 15.4 Å². The van der Waals surface area contributed by atoms with Gasteiger partial charge in [0, 0.05) is 30.1 Å². The number of amides is 1. The van der Waals surface area contributed by atoms with Crippen molar-refractivity contribution in [1.82, 2.24) is 5.32 Å². The molecule has 0 radical (unpaired) electrons. The standard InChI is InChI=1S/C20H21N3O4/c24-20(22-16-6-7-16)15-5-8-17(18(10-15)23(25)26)21-11-13-9-14-3-1-2-4-19(14)27-12-13/h1-5,8,10,13,16,21H,6-7,9,11-12H2,(H,22,24). The number of hydrogen-bond acceptors (Lipinski definition) is 5. The van der Waals surface area contributed by atoms with Gasteiger partial charge in [0.05, 0.1) is 11.5 Å². The summed E-state index contributed by atoms with van der Waals surface area (Å²) in [6.45, 7) is 1.13. The Hall–Kier alpha value is -3.09. The van der Waals surface area contributed by atoms with E-state index in [2.05, 4.69) is 10.6 Å². The van der Waals surface area contributed by atoms with E-state index in [1.807, 2.05) is 24.3 Å². The summed E-state index contributed by atoms with van der Waals surface area (Å²) in [7, 11) is 0. The van der Waals surface area contributed by atoms with Gasteiger partial charge in [-0.3, -0.25) is 14.9 Å². The van der Waals surface area contributed by atoms with Crippen LogP contribution in [-0.2, 0) is 6.42 Å². The van der Waals surface area contributed by atoms with Gasteiger partial charge in [-0.15, -0.1) is 0 Å². The number of para-hydroxylation sites is 1. The number of nitro groups is 1. The molecule has 1 saturated carbocycles. The van der Waals surface area contributed by atoms with Crippen molar-refractivity contribution in [2.24, 2.45) is 5.92 Å². The number of carbonyl (C=O) groups is 1. The molecule has 0 spiro atoms. The maximum absolute atomic E-state index is 12.1. The first-order chi connectivity index (χ1) is 13.1. The molecule has 4 rings (SSSR count). The number of nitro benzene ring substituents is 1. The van der Waals surface area contributed by atoms with Crippen LogP contribution in [0.5, 0.6) is 5.75 Å². The third-order valence-corrected chi connectivity index (χ3v) is 4.91. The van der Waals surface area contributed by atoms with Gasteiger partial charge in [0.15, 0.2) is 0 Å². The molecule has 140 valence electrons. The highest BCUT2D eigenvalue weighted by atomic mass is 16.6. The first-order valence-electron chi connectivity index (χ1n) is 9.14. The van der Waals surface area contributed by atoms with Gasteiger partial charge in [0.2, 0.25) is 0 Å². The lowest BCUT2D eigenvalue weighted by Gasteiger charge is -2.25. The average molecular weight is 367 g/mol.